The molecule has 0 saturated carbocycles. The van der Waals surface area contributed by atoms with Gasteiger partial charge in [-0.1, -0.05) is 78.3 Å². The lowest BCUT2D eigenvalue weighted by Crippen LogP contribution is -2.46. The summed E-state index contributed by atoms with van der Waals surface area (Å²) in [4.78, 5) is 38.3. The monoisotopic (exact) mass is 750 g/mol. The maximum absolute atomic E-state index is 13.5. The second-order valence-electron chi connectivity index (χ2n) is 12.0. The van der Waals surface area contributed by atoms with E-state index in [0.717, 1.165) is 4.57 Å². The van der Waals surface area contributed by atoms with Gasteiger partial charge >= 0.3 is 13.5 Å². The number of rotatable bonds is 13. The number of nitrogens with one attached hydrogen (secondary N) is 1. The van der Waals surface area contributed by atoms with E-state index in [2.05, 4.69) is 4.98 Å². The Morgan fingerprint density at radius 1 is 0.904 bits per heavy atom. The number of nitrogens with zero attached hydrogens (tertiary/aromatic N) is 1. The Morgan fingerprint density at radius 2 is 1.46 bits per heavy atom. The predicted molar refractivity (Wildman–Crippen MR) is 191 cm³/mol. The first-order chi connectivity index (χ1) is 24.9. The van der Waals surface area contributed by atoms with Crippen LogP contribution in [0.4, 0.5) is 0 Å². The fourth-order valence-electron chi connectivity index (χ4n) is 6.09. The zero-order valence-corrected chi connectivity index (χ0v) is 30.0. The van der Waals surface area contributed by atoms with Crippen molar-refractivity contribution >= 4 is 19.4 Å². The lowest BCUT2D eigenvalue weighted by molar-refractivity contribution is -0.204. The molecular weight excluding hydrogens is 715 g/mol. The van der Waals surface area contributed by atoms with E-state index in [9.17, 15) is 24.2 Å². The minimum absolute atomic E-state index is 0.0229. The van der Waals surface area contributed by atoms with Crippen molar-refractivity contribution in [2.75, 3.05) is 20.8 Å². The highest BCUT2D eigenvalue weighted by molar-refractivity contribution is 7.47. The number of aromatic nitrogens is 2. The Labute approximate surface area is 303 Å². The first kappa shape index (κ1) is 37.1. The molecule has 0 bridgehead atoms. The van der Waals surface area contributed by atoms with Crippen molar-refractivity contribution in [1.82, 2.24) is 9.55 Å². The predicted octanol–water partition coefficient (Wildman–Crippen LogP) is 5.70. The van der Waals surface area contributed by atoms with Gasteiger partial charge in [-0.2, -0.15) is 0 Å². The third-order valence-electron chi connectivity index (χ3n) is 8.70. The molecule has 0 radical (unpaired) electrons. The molecule has 0 amide bonds. The highest BCUT2D eigenvalue weighted by atomic mass is 35.5. The number of hydrogen-bond donors (Lipinski definition) is 3. The molecule has 1 aromatic heterocycles. The van der Waals surface area contributed by atoms with Crippen LogP contribution in [-0.2, 0) is 24.2 Å². The van der Waals surface area contributed by atoms with Gasteiger partial charge in [0.2, 0.25) is 5.79 Å². The van der Waals surface area contributed by atoms with E-state index < -0.39 is 55.8 Å². The summed E-state index contributed by atoms with van der Waals surface area (Å²) in [6.07, 6.45) is -2.09. The molecule has 1 saturated heterocycles. The van der Waals surface area contributed by atoms with Crippen LogP contribution in [0.15, 0.2) is 119 Å². The summed E-state index contributed by atoms with van der Waals surface area (Å²) < 4.78 is 49.3. The number of benzene rings is 4. The normalized spacial score (nSPS) is 19.9. The van der Waals surface area contributed by atoms with Crippen LogP contribution in [0.1, 0.15) is 34.9 Å². The molecule has 1 fully saturated rings. The number of halogens is 1. The quantitative estimate of drug-likeness (QED) is 0.0768. The molecule has 52 heavy (non-hydrogen) atoms. The van der Waals surface area contributed by atoms with Crippen LogP contribution in [0.25, 0.3) is 0 Å². The number of aryl methyl sites for hydroxylation is 1. The summed E-state index contributed by atoms with van der Waals surface area (Å²) in [5.74, 6) is -1.56. The van der Waals surface area contributed by atoms with E-state index in [0.29, 0.717) is 28.2 Å². The topological polar surface area (TPSA) is 168 Å². The Hall–Kier alpha value is -4.72. The maximum atomic E-state index is 13.5. The van der Waals surface area contributed by atoms with E-state index >= 15 is 0 Å². The lowest BCUT2D eigenvalue weighted by Gasteiger charge is -2.38. The fraction of sp³-hybridized carbons (Fsp3) is 0.243. The van der Waals surface area contributed by atoms with Crippen LogP contribution in [0.5, 0.6) is 17.2 Å². The highest BCUT2D eigenvalue weighted by Crippen LogP contribution is 2.53. The van der Waals surface area contributed by atoms with E-state index in [1.165, 1.54) is 31.3 Å². The summed E-state index contributed by atoms with van der Waals surface area (Å²) in [5.41, 5.74) is -0.637. The number of phosphoric ester groups is 1. The van der Waals surface area contributed by atoms with Gasteiger partial charge in [0.15, 0.2) is 0 Å². The van der Waals surface area contributed by atoms with Crippen molar-refractivity contribution in [2.24, 2.45) is 0 Å². The van der Waals surface area contributed by atoms with Crippen LogP contribution in [0.2, 0.25) is 5.02 Å². The largest absolute Gasteiger partial charge is 0.530 e. The molecule has 4 atom stereocenters. The molecule has 1 unspecified atom stereocenters. The van der Waals surface area contributed by atoms with E-state index in [1.807, 2.05) is 54.6 Å². The molecule has 15 heteroatoms. The van der Waals surface area contributed by atoms with E-state index in [-0.39, 0.29) is 16.3 Å². The summed E-state index contributed by atoms with van der Waals surface area (Å²) in [7, 11) is -2.03. The van der Waals surface area contributed by atoms with E-state index in [4.69, 9.17) is 39.6 Å². The zero-order chi connectivity index (χ0) is 37.1. The third-order valence-corrected chi connectivity index (χ3v) is 9.98. The van der Waals surface area contributed by atoms with Gasteiger partial charge in [-0.15, -0.1) is 0 Å². The molecule has 272 valence electrons. The highest BCUT2D eigenvalue weighted by Gasteiger charge is 2.55. The molecule has 3 N–H and O–H groups in total. The van der Waals surface area contributed by atoms with Crippen molar-refractivity contribution in [3.63, 3.8) is 0 Å². The summed E-state index contributed by atoms with van der Waals surface area (Å²) >= 11 is 6.17. The number of phosphoric acid groups is 1. The van der Waals surface area contributed by atoms with E-state index in [1.54, 1.807) is 44.6 Å². The molecule has 1 aliphatic rings. The second-order valence-corrected chi connectivity index (χ2v) is 13.7. The fourth-order valence-corrected chi connectivity index (χ4v) is 7.36. The van der Waals surface area contributed by atoms with Gasteiger partial charge in [-0.05, 0) is 60.0 Å². The average Bonchev–Trinajstić information content (AvgIpc) is 3.46. The lowest BCUT2D eigenvalue weighted by atomic mass is 9.80. The molecule has 1 aliphatic heterocycles. The minimum Gasteiger partial charge on any atom is -0.497 e. The number of ether oxygens (including phenoxy) is 4. The Kier molecular flexibility index (Phi) is 10.8. The average molecular weight is 751 g/mol. The van der Waals surface area contributed by atoms with Gasteiger partial charge < -0.3 is 28.6 Å². The molecular formula is C37H36ClN2O11P. The zero-order valence-electron chi connectivity index (χ0n) is 28.3. The van der Waals surface area contributed by atoms with Gasteiger partial charge in [0, 0.05) is 11.8 Å². The number of aromatic amines is 1. The number of hydrogen-bond acceptors (Lipinski definition) is 10. The summed E-state index contributed by atoms with van der Waals surface area (Å²) in [6, 6.07) is 29.7. The molecule has 6 rings (SSSR count). The maximum Gasteiger partial charge on any atom is 0.530 e. The first-order valence-electron chi connectivity index (χ1n) is 16.0. The van der Waals surface area contributed by atoms with Crippen molar-refractivity contribution in [3.8, 4) is 17.2 Å². The summed E-state index contributed by atoms with van der Waals surface area (Å²) in [6.45, 7) is 1.02. The van der Waals surface area contributed by atoms with Crippen LogP contribution < -0.4 is 25.2 Å². The van der Waals surface area contributed by atoms with Gasteiger partial charge in [-0.25, -0.2) is 13.9 Å². The van der Waals surface area contributed by atoms with Crippen LogP contribution in [0, 0.1) is 6.92 Å². The second kappa shape index (κ2) is 15.1. The van der Waals surface area contributed by atoms with Crippen molar-refractivity contribution in [2.45, 2.75) is 37.1 Å². The number of aliphatic hydroxyl groups is 1. The van der Waals surface area contributed by atoms with Gasteiger partial charge in [0.25, 0.3) is 5.56 Å². The number of methoxy groups -OCH3 is 2. The van der Waals surface area contributed by atoms with Gasteiger partial charge in [-0.3, -0.25) is 19.2 Å². The molecule has 4 aromatic carbocycles. The molecule has 13 nitrogen and oxygen atoms in total. The Bertz CT molecular complexity index is 2130. The smallest absolute Gasteiger partial charge is 0.497 e. The molecule has 0 spiro atoms. The minimum atomic E-state index is -5.14. The van der Waals surface area contributed by atoms with Crippen molar-refractivity contribution < 1.29 is 42.6 Å². The number of H-pyrrole nitrogens is 1. The van der Waals surface area contributed by atoms with Crippen LogP contribution >= 0.6 is 19.4 Å². The SMILES string of the molecule is COc1ccc(C(OC[C@H]2O[C@@H](n3cc(C)c(=O)[nH]c3=O)C[C@@]2(O)OP(=O)(O)Oc2ccccc2Cl)(c2ccccc2)c2ccc(OC)cc2)cc1. The van der Waals surface area contributed by atoms with Gasteiger partial charge in [0.1, 0.15) is 35.2 Å². The van der Waals surface area contributed by atoms with Crippen molar-refractivity contribution in [3.05, 3.63) is 157 Å². The first-order valence-corrected chi connectivity index (χ1v) is 17.9. The molecule has 2 heterocycles. The standard InChI is InChI=1S/C37H36ClN2O11P/c1-24-22-40(35(42)39-34(24)41)33-21-36(43,51-52(44,45)50-31-12-8-7-11-30(31)38)32(49-33)23-48-37(25-9-5-4-6-10-25,26-13-17-28(46-2)18-14-26)27-15-19-29(47-3)20-16-27/h4-20,22,32-33,43H,21,23H2,1-3H3,(H,44,45)(H,39,41,42)/t32-,33-,36-/m1/s1. The number of para-hydroxylation sites is 1. The molecule has 5 aromatic rings. The molecule has 0 aliphatic carbocycles. The van der Waals surface area contributed by atoms with Gasteiger partial charge in [0.05, 0.1) is 32.3 Å². The Morgan fingerprint density at radius 3 is 2.04 bits per heavy atom. The summed E-state index contributed by atoms with van der Waals surface area (Å²) in [5, 5.41) is 12.2. The van der Waals surface area contributed by atoms with Crippen LogP contribution in [0.3, 0.4) is 0 Å². The third kappa shape index (κ3) is 7.57. The van der Waals surface area contributed by atoms with Crippen LogP contribution in [-0.4, -0.2) is 52.3 Å². The Balaban J connectivity index is 1.44. The van der Waals surface area contributed by atoms with Crippen molar-refractivity contribution in [1.29, 1.82) is 0 Å².